The van der Waals surface area contributed by atoms with Gasteiger partial charge in [0.15, 0.2) is 0 Å². The average molecular weight is 226 g/mol. The van der Waals surface area contributed by atoms with Crippen LogP contribution in [0.15, 0.2) is 18.5 Å². The molecule has 0 amide bonds. The molecule has 90 valence electrons. The first kappa shape index (κ1) is 12.9. The molecule has 1 rings (SSSR count). The summed E-state index contributed by atoms with van der Waals surface area (Å²) in [6.45, 7) is 0.689. The van der Waals surface area contributed by atoms with Gasteiger partial charge in [0.1, 0.15) is 0 Å². The summed E-state index contributed by atoms with van der Waals surface area (Å²) in [5, 5.41) is 18.8. The van der Waals surface area contributed by atoms with Crippen molar-refractivity contribution in [2.45, 2.75) is 12.7 Å². The number of hydrogen-bond donors (Lipinski definition) is 2. The van der Waals surface area contributed by atoms with E-state index in [4.69, 9.17) is 9.84 Å². The number of pyridine rings is 1. The van der Waals surface area contributed by atoms with Crippen LogP contribution >= 0.6 is 0 Å². The number of hydrogen-bond acceptors (Lipinski definition) is 5. The van der Waals surface area contributed by atoms with Crippen LogP contribution in [0, 0.1) is 0 Å². The molecular formula is C11H18N2O3. The molecule has 1 heterocycles. The van der Waals surface area contributed by atoms with Gasteiger partial charge in [-0.05, 0) is 6.07 Å². The third-order valence-corrected chi connectivity index (χ3v) is 2.31. The fourth-order valence-corrected chi connectivity index (χ4v) is 1.55. The summed E-state index contributed by atoms with van der Waals surface area (Å²) in [4.78, 5) is 5.85. The molecule has 0 aliphatic rings. The van der Waals surface area contributed by atoms with E-state index in [9.17, 15) is 5.11 Å². The lowest BCUT2D eigenvalue weighted by Gasteiger charge is -2.23. The van der Waals surface area contributed by atoms with Crippen molar-refractivity contribution < 1.29 is 14.9 Å². The van der Waals surface area contributed by atoms with E-state index in [1.165, 1.54) is 0 Å². The Balaban J connectivity index is 2.68. The maximum atomic E-state index is 9.59. The van der Waals surface area contributed by atoms with E-state index in [0.29, 0.717) is 13.2 Å². The molecule has 5 heteroatoms. The monoisotopic (exact) mass is 226 g/mol. The molecule has 0 aliphatic carbocycles. The van der Waals surface area contributed by atoms with Gasteiger partial charge < -0.3 is 19.8 Å². The van der Waals surface area contributed by atoms with Gasteiger partial charge in [0.25, 0.3) is 0 Å². The average Bonchev–Trinajstić information content (AvgIpc) is 2.29. The van der Waals surface area contributed by atoms with Crippen LogP contribution in [0.5, 0.6) is 0 Å². The van der Waals surface area contributed by atoms with Crippen LogP contribution in [-0.4, -0.2) is 48.6 Å². The number of aliphatic hydroxyl groups excluding tert-OH is 2. The highest BCUT2D eigenvalue weighted by atomic mass is 16.5. The van der Waals surface area contributed by atoms with Crippen molar-refractivity contribution in [2.75, 3.05) is 32.2 Å². The van der Waals surface area contributed by atoms with Gasteiger partial charge in [-0.15, -0.1) is 0 Å². The molecule has 0 spiro atoms. The van der Waals surface area contributed by atoms with Crippen molar-refractivity contribution >= 4 is 5.69 Å². The van der Waals surface area contributed by atoms with Crippen LogP contribution in [0.2, 0.25) is 0 Å². The number of aromatic nitrogens is 1. The second kappa shape index (κ2) is 6.42. The molecule has 1 aromatic rings. The van der Waals surface area contributed by atoms with E-state index < -0.39 is 6.10 Å². The first-order valence-electron chi connectivity index (χ1n) is 5.11. The predicted octanol–water partition coefficient (Wildman–Crippen LogP) is 0.0174. The molecule has 0 fully saturated rings. The summed E-state index contributed by atoms with van der Waals surface area (Å²) in [7, 11) is 3.39. The predicted molar refractivity (Wildman–Crippen MR) is 61.3 cm³/mol. The maximum Gasteiger partial charge on any atom is 0.0947 e. The zero-order valence-corrected chi connectivity index (χ0v) is 9.63. The summed E-state index contributed by atoms with van der Waals surface area (Å²) in [5.74, 6) is 0. The van der Waals surface area contributed by atoms with Crippen molar-refractivity contribution in [3.05, 3.63) is 24.0 Å². The normalized spacial score (nSPS) is 12.5. The Morgan fingerprint density at radius 2 is 2.31 bits per heavy atom. The minimum absolute atomic E-state index is 0.0391. The number of ether oxygens (including phenoxy) is 1. The molecule has 0 aromatic carbocycles. The second-order valence-corrected chi connectivity index (χ2v) is 3.65. The lowest BCUT2D eigenvalue weighted by molar-refractivity contribution is 0.0694. The Kier molecular flexibility index (Phi) is 5.18. The van der Waals surface area contributed by atoms with Crippen molar-refractivity contribution in [3.63, 3.8) is 0 Å². The van der Waals surface area contributed by atoms with Crippen LogP contribution in [0.1, 0.15) is 5.56 Å². The fourth-order valence-electron chi connectivity index (χ4n) is 1.55. The number of methoxy groups -OCH3 is 1. The van der Waals surface area contributed by atoms with Gasteiger partial charge in [0.05, 0.1) is 31.2 Å². The first-order chi connectivity index (χ1) is 7.69. The van der Waals surface area contributed by atoms with Crippen LogP contribution < -0.4 is 4.90 Å². The summed E-state index contributed by atoms with van der Waals surface area (Å²) < 4.78 is 4.86. The molecule has 0 bridgehead atoms. The van der Waals surface area contributed by atoms with E-state index >= 15 is 0 Å². The van der Waals surface area contributed by atoms with Gasteiger partial charge in [0.2, 0.25) is 0 Å². The molecule has 16 heavy (non-hydrogen) atoms. The topological polar surface area (TPSA) is 65.8 Å². The number of nitrogens with zero attached hydrogens (tertiary/aromatic N) is 2. The van der Waals surface area contributed by atoms with E-state index in [-0.39, 0.29) is 6.61 Å². The molecule has 0 saturated carbocycles. The molecule has 0 saturated heterocycles. The quantitative estimate of drug-likeness (QED) is 0.715. The van der Waals surface area contributed by atoms with E-state index in [1.54, 1.807) is 25.6 Å². The SMILES string of the molecule is COCC(O)CN(C)c1cnccc1CO. The van der Waals surface area contributed by atoms with Crippen molar-refractivity contribution in [2.24, 2.45) is 0 Å². The van der Waals surface area contributed by atoms with Gasteiger partial charge in [-0.2, -0.15) is 0 Å². The van der Waals surface area contributed by atoms with E-state index in [0.717, 1.165) is 11.3 Å². The Morgan fingerprint density at radius 3 is 2.94 bits per heavy atom. The van der Waals surface area contributed by atoms with E-state index in [1.807, 2.05) is 11.9 Å². The summed E-state index contributed by atoms with van der Waals surface area (Å²) in [6.07, 6.45) is 2.75. The molecule has 1 aromatic heterocycles. The minimum Gasteiger partial charge on any atom is -0.392 e. The van der Waals surface area contributed by atoms with Crippen LogP contribution in [0.3, 0.4) is 0 Å². The third kappa shape index (κ3) is 3.44. The van der Waals surface area contributed by atoms with Crippen LogP contribution in [0.25, 0.3) is 0 Å². The second-order valence-electron chi connectivity index (χ2n) is 3.65. The Hall–Kier alpha value is -1.17. The highest BCUT2D eigenvalue weighted by molar-refractivity contribution is 5.50. The third-order valence-electron chi connectivity index (χ3n) is 2.31. The Labute approximate surface area is 95.3 Å². The Morgan fingerprint density at radius 1 is 1.56 bits per heavy atom. The lowest BCUT2D eigenvalue weighted by atomic mass is 10.2. The van der Waals surface area contributed by atoms with Crippen molar-refractivity contribution in [3.8, 4) is 0 Å². The molecular weight excluding hydrogens is 208 g/mol. The summed E-state index contributed by atoms with van der Waals surface area (Å²) >= 11 is 0. The van der Waals surface area contributed by atoms with Gasteiger partial charge in [-0.3, -0.25) is 4.98 Å². The van der Waals surface area contributed by atoms with Crippen molar-refractivity contribution in [1.29, 1.82) is 0 Å². The van der Waals surface area contributed by atoms with Gasteiger partial charge in [-0.1, -0.05) is 0 Å². The zero-order chi connectivity index (χ0) is 12.0. The number of rotatable bonds is 6. The number of anilines is 1. The first-order valence-corrected chi connectivity index (χ1v) is 5.11. The number of aliphatic hydroxyl groups is 2. The van der Waals surface area contributed by atoms with Gasteiger partial charge in [0, 0.05) is 32.5 Å². The smallest absolute Gasteiger partial charge is 0.0947 e. The molecule has 1 unspecified atom stereocenters. The highest BCUT2D eigenvalue weighted by Crippen LogP contribution is 2.17. The number of likely N-dealkylation sites (N-methyl/N-ethyl adjacent to an activating group) is 1. The zero-order valence-electron chi connectivity index (χ0n) is 9.63. The minimum atomic E-state index is -0.554. The lowest BCUT2D eigenvalue weighted by Crippen LogP contribution is -2.32. The van der Waals surface area contributed by atoms with Crippen molar-refractivity contribution in [1.82, 2.24) is 4.98 Å². The largest absolute Gasteiger partial charge is 0.392 e. The van der Waals surface area contributed by atoms with Gasteiger partial charge >= 0.3 is 0 Å². The summed E-state index contributed by atoms with van der Waals surface area (Å²) in [6, 6.07) is 1.76. The molecule has 0 aliphatic heterocycles. The van der Waals surface area contributed by atoms with E-state index in [2.05, 4.69) is 4.98 Å². The highest BCUT2D eigenvalue weighted by Gasteiger charge is 2.11. The fraction of sp³-hybridized carbons (Fsp3) is 0.545. The maximum absolute atomic E-state index is 9.59. The molecule has 1 atom stereocenters. The van der Waals surface area contributed by atoms with Gasteiger partial charge in [-0.25, -0.2) is 0 Å². The van der Waals surface area contributed by atoms with Crippen LogP contribution in [-0.2, 0) is 11.3 Å². The Bertz CT molecular complexity index is 320. The molecule has 0 radical (unpaired) electrons. The molecule has 2 N–H and O–H groups in total. The van der Waals surface area contributed by atoms with Crippen LogP contribution in [0.4, 0.5) is 5.69 Å². The standard InChI is InChI=1S/C11H18N2O3/c1-13(6-10(15)8-16-2)11-5-12-4-3-9(11)7-14/h3-5,10,14-15H,6-8H2,1-2H3. The summed E-state index contributed by atoms with van der Waals surface area (Å²) in [5.41, 5.74) is 1.61. The molecule has 5 nitrogen and oxygen atoms in total.